The summed E-state index contributed by atoms with van der Waals surface area (Å²) in [6, 6.07) is 0. The van der Waals surface area contributed by atoms with Crippen LogP contribution in [0.3, 0.4) is 0 Å². The van der Waals surface area contributed by atoms with E-state index >= 15 is 0 Å². The smallest absolute Gasteiger partial charge is 0.214 e. The van der Waals surface area contributed by atoms with Crippen molar-refractivity contribution in [1.82, 2.24) is 97.6 Å². The molecule has 19 atom stereocenters. The third-order valence-corrected chi connectivity index (χ3v) is 19.1. The molecule has 17 rings (SSSR count). The fourth-order valence-electron chi connectivity index (χ4n) is 12.3. The van der Waals surface area contributed by atoms with Gasteiger partial charge in [0.1, 0.15) is 139 Å². The summed E-state index contributed by atoms with van der Waals surface area (Å²) in [5, 5.41) is 80.6. The molecular formula is C56H61Cl5N20O18. The number of nitrogens with zero attached hydrogens (tertiary/aromatic N) is 20. The summed E-state index contributed by atoms with van der Waals surface area (Å²) in [4.78, 5) is 72.7. The van der Waals surface area contributed by atoms with Crippen molar-refractivity contribution >= 4 is 120 Å². The number of imidazole rings is 5. The summed E-state index contributed by atoms with van der Waals surface area (Å²) in [6.07, 6.45) is 3.09. The highest BCUT2D eigenvalue weighted by molar-refractivity contribution is 6.35. The van der Waals surface area contributed by atoms with Crippen LogP contribution in [-0.4, -0.2) is 263 Å². The van der Waals surface area contributed by atoms with Crippen LogP contribution in [0.25, 0.3) is 55.8 Å². The Morgan fingerprint density at radius 3 is 1.30 bits per heavy atom. The highest BCUT2D eigenvalue weighted by Gasteiger charge is 2.55. The topological polar surface area (TPSA) is 480 Å². The van der Waals surface area contributed by atoms with Gasteiger partial charge in [0.25, 0.3) is 0 Å². The van der Waals surface area contributed by atoms with Crippen molar-refractivity contribution < 1.29 is 88.3 Å². The first-order valence-corrected chi connectivity index (χ1v) is 32.2. The van der Waals surface area contributed by atoms with E-state index in [4.69, 9.17) is 106 Å². The van der Waals surface area contributed by atoms with Crippen LogP contribution >= 0.6 is 58.0 Å². The van der Waals surface area contributed by atoms with E-state index in [9.17, 15) is 40.5 Å². The van der Waals surface area contributed by atoms with Gasteiger partial charge in [0.15, 0.2) is 91.2 Å². The second-order valence-electron chi connectivity index (χ2n) is 23.7. The Morgan fingerprint density at radius 2 is 0.879 bits per heavy atom. The maximum absolute atomic E-state index is 12.3. The first-order valence-electron chi connectivity index (χ1n) is 30.3. The number of carbonyl (C=O) groups is 1. The van der Waals surface area contributed by atoms with Crippen LogP contribution in [0.5, 0.6) is 0 Å². The molecule has 10 aromatic heterocycles. The van der Waals surface area contributed by atoms with E-state index in [0.29, 0.717) is 74.2 Å². The standard InChI is InChI=1S/C13H17ClN4O2.C11H11ClN4O4.C11H9ClN4O4.C11H13ClN4O4.C10H11ClN4O4/c1-4-8-7(2)13(3,19)12(20-8)18-6-17-9-10(14)15-5-16-11(9)18;2*12-9-6-10(14-2-13-9)16(3-15-6)11-7(17)8-5(20-11)1-18-4-19-8;1-11(19)7(18)5(2-17)20-10(11)16-4-15-6-8(12)13-3-14-9(6)16;11-8-5-9(13-2-12-8)15(3-14-5)10-7(18)6(17)4(1-16)19-10/h5-8,12,19H,4H2,1-3H3;2-3,5,7-8,11,17H,1,4H2;2-3,5,8,11H,1,4H2;3-5,7,10,17-19H,2H2,1H3;2-4,6-7,10,16-18H,1H2/t7-,8+,12+,13?;5-,7?,8+,11-;5-,8+,11-;5-,7+,10-,11?;4-,6+,7?,10-/m01111/s1. The molecule has 528 valence electrons. The number of ketones is 1. The highest BCUT2D eigenvalue weighted by Crippen LogP contribution is 2.45. The monoisotopic (exact) mass is 1480 g/mol. The van der Waals surface area contributed by atoms with Crippen molar-refractivity contribution in [2.75, 3.05) is 40.0 Å². The summed E-state index contributed by atoms with van der Waals surface area (Å²) >= 11 is 29.7. The number of carbonyl (C=O) groups excluding carboxylic acids is 1. The third kappa shape index (κ3) is 13.0. The zero-order valence-corrected chi connectivity index (χ0v) is 55.8. The Balaban J connectivity index is 0.000000111. The molecule has 4 unspecified atom stereocenters. The summed E-state index contributed by atoms with van der Waals surface area (Å²) in [7, 11) is 0. The fraction of sp³-hybridized carbons (Fsp3) is 0.536. The molecule has 0 saturated carbocycles. The van der Waals surface area contributed by atoms with E-state index in [2.05, 4.69) is 74.8 Å². The van der Waals surface area contributed by atoms with Gasteiger partial charge in [0.2, 0.25) is 5.78 Å². The molecule has 7 aliphatic rings. The number of hydrogen-bond acceptors (Lipinski definition) is 33. The Hall–Kier alpha value is -6.81. The molecule has 7 saturated heterocycles. The molecule has 0 aromatic carbocycles. The third-order valence-electron chi connectivity index (χ3n) is 17.7. The number of hydrogen-bond donors (Lipinski definition) is 8. The van der Waals surface area contributed by atoms with Gasteiger partial charge in [-0.1, -0.05) is 71.9 Å². The van der Waals surface area contributed by atoms with Crippen molar-refractivity contribution in [3.05, 3.63) is 89.0 Å². The van der Waals surface area contributed by atoms with Crippen molar-refractivity contribution in [3.63, 3.8) is 0 Å². The molecule has 43 heteroatoms. The SMILES string of the molecule is CC1(O)[C@@H](O)[C@@H](CO)O[C@H]1n1cnc2c(Cl)ncnc21.CC[C@H]1O[C@@H](n2cnc3c(Cl)ncnc32)C(C)(O)[C@H]1C.O=C1[C@H]2OCOC[C@H]2O[C@H]1n1cnc2c(Cl)ncnc21.OC1[C@H]2OCOC[C@H]2O[C@H]1n1cnc2c(Cl)ncnc21.OC[C@H]1O[C@@H](n2cnc3c(Cl)ncnc32)C(O)[C@H]1O. The molecule has 8 N–H and O–H groups in total. The molecule has 0 bridgehead atoms. The van der Waals surface area contributed by atoms with E-state index in [1.54, 1.807) is 22.4 Å². The molecule has 0 spiro atoms. The number of fused-ring (bicyclic) bond motifs is 7. The van der Waals surface area contributed by atoms with Crippen LogP contribution < -0.4 is 0 Å². The van der Waals surface area contributed by atoms with Gasteiger partial charge in [-0.15, -0.1) is 0 Å². The maximum atomic E-state index is 12.3. The van der Waals surface area contributed by atoms with Crippen molar-refractivity contribution in [2.24, 2.45) is 5.92 Å². The lowest BCUT2D eigenvalue weighted by molar-refractivity contribution is -0.189. The van der Waals surface area contributed by atoms with Crippen molar-refractivity contribution in [1.29, 1.82) is 0 Å². The Kier molecular flexibility index (Phi) is 20.6. The van der Waals surface area contributed by atoms with E-state index in [-0.39, 0.29) is 58.1 Å². The zero-order valence-electron chi connectivity index (χ0n) is 52.0. The Bertz CT molecular complexity index is 4420. The number of ether oxygens (including phenoxy) is 9. The van der Waals surface area contributed by atoms with Crippen LogP contribution in [0.2, 0.25) is 25.8 Å². The predicted molar refractivity (Wildman–Crippen MR) is 337 cm³/mol. The summed E-state index contributed by atoms with van der Waals surface area (Å²) in [5.74, 6) is -0.153. The molecule has 7 aliphatic heterocycles. The second-order valence-corrected chi connectivity index (χ2v) is 25.5. The average Bonchev–Trinajstić information content (AvgIpc) is 1.62. The molecule has 7 fully saturated rings. The second kappa shape index (κ2) is 28.9. The molecule has 0 amide bonds. The predicted octanol–water partition coefficient (Wildman–Crippen LogP) is 1.18. The fourth-order valence-corrected chi connectivity index (χ4v) is 13.2. The van der Waals surface area contributed by atoms with Gasteiger partial charge in [-0.05, 0) is 20.3 Å². The molecule has 38 nitrogen and oxygen atoms in total. The quantitative estimate of drug-likeness (QED) is 0.0990. The number of aromatic nitrogens is 20. The number of Topliss-reactive ketones (excluding diaryl/α,β-unsaturated/α-hetero) is 1. The average molecular weight is 1480 g/mol. The number of aliphatic hydroxyl groups is 8. The number of aliphatic hydroxyl groups excluding tert-OH is 6. The minimum Gasteiger partial charge on any atom is -0.394 e. The van der Waals surface area contributed by atoms with Crippen LogP contribution in [0.4, 0.5) is 0 Å². The van der Waals surface area contributed by atoms with Gasteiger partial charge in [-0.3, -0.25) is 27.6 Å². The van der Waals surface area contributed by atoms with Crippen LogP contribution in [0.15, 0.2) is 63.3 Å². The lowest BCUT2D eigenvalue weighted by atomic mass is 9.87. The molecule has 0 aliphatic carbocycles. The molecule has 0 radical (unpaired) electrons. The van der Waals surface area contributed by atoms with Gasteiger partial charge in [0, 0.05) is 5.92 Å². The Labute approximate surface area is 581 Å². The number of rotatable bonds is 8. The van der Waals surface area contributed by atoms with Gasteiger partial charge in [-0.25, -0.2) is 74.8 Å². The van der Waals surface area contributed by atoms with Crippen molar-refractivity contribution in [2.45, 2.75) is 144 Å². The van der Waals surface area contributed by atoms with Gasteiger partial charge >= 0.3 is 0 Å². The molecule has 99 heavy (non-hydrogen) atoms. The van der Waals surface area contributed by atoms with Gasteiger partial charge in [0.05, 0.1) is 64.2 Å². The van der Waals surface area contributed by atoms with Crippen LogP contribution in [0, 0.1) is 5.92 Å². The van der Waals surface area contributed by atoms with E-state index in [1.165, 1.54) is 77.6 Å². The maximum Gasteiger partial charge on any atom is 0.214 e. The zero-order chi connectivity index (χ0) is 69.9. The molecule has 10 aromatic rings. The van der Waals surface area contributed by atoms with Gasteiger partial charge < -0.3 is 83.5 Å². The van der Waals surface area contributed by atoms with E-state index < -0.39 is 110 Å². The minimum atomic E-state index is -1.60. The lowest BCUT2D eigenvalue weighted by Crippen LogP contribution is -2.44. The normalized spacial score (nSPS) is 32.5. The minimum absolute atomic E-state index is 0.00441. The molecular weight excluding hydrogens is 1420 g/mol. The summed E-state index contributed by atoms with van der Waals surface area (Å²) < 4.78 is 57.2. The van der Waals surface area contributed by atoms with Gasteiger partial charge in [-0.2, -0.15) is 0 Å². The summed E-state index contributed by atoms with van der Waals surface area (Å²) in [5.41, 5.74) is 1.85. The van der Waals surface area contributed by atoms with Crippen molar-refractivity contribution in [3.8, 4) is 0 Å². The van der Waals surface area contributed by atoms with E-state index in [1.807, 2.05) is 13.8 Å². The Morgan fingerprint density at radius 1 is 0.475 bits per heavy atom. The lowest BCUT2D eigenvalue weighted by Gasteiger charge is -2.28. The van der Waals surface area contributed by atoms with Crippen LogP contribution in [0.1, 0.15) is 65.3 Å². The first kappa shape index (κ1) is 70.6. The molecule has 17 heterocycles. The first-order chi connectivity index (χ1) is 47.6. The highest BCUT2D eigenvalue weighted by atomic mass is 35.5. The summed E-state index contributed by atoms with van der Waals surface area (Å²) in [6.45, 7) is 7.43. The number of halogens is 5. The van der Waals surface area contributed by atoms with Crippen LogP contribution in [-0.2, 0) is 47.4 Å². The largest absolute Gasteiger partial charge is 0.394 e. The van der Waals surface area contributed by atoms with E-state index in [0.717, 1.165) is 6.42 Å².